The molecule has 0 amide bonds. The van der Waals surface area contributed by atoms with Gasteiger partial charge in [0, 0.05) is 37.8 Å². The lowest BCUT2D eigenvalue weighted by Gasteiger charge is -2.39. The zero-order valence-electron chi connectivity index (χ0n) is 19.1. The maximum Gasteiger partial charge on any atom is 0.191 e. The number of benzene rings is 1. The van der Waals surface area contributed by atoms with Crippen LogP contribution in [0.3, 0.4) is 0 Å². The molecule has 1 aromatic carbocycles. The summed E-state index contributed by atoms with van der Waals surface area (Å²) in [6.45, 7) is 12.7. The Kier molecular flexibility index (Phi) is 9.30. The first-order valence-corrected chi connectivity index (χ1v) is 11.5. The van der Waals surface area contributed by atoms with Gasteiger partial charge in [-0.2, -0.15) is 5.10 Å². The molecule has 0 radical (unpaired) electrons. The van der Waals surface area contributed by atoms with Crippen molar-refractivity contribution >= 4 is 5.96 Å². The topological polar surface area (TPSA) is 90.5 Å². The SMILES string of the molecule is CCNC(=NCc1cccc(-c2ncn[nH]2)c1)NCC(C(CC)CC)N1CCOCC1. The molecule has 1 fully saturated rings. The molecule has 1 atom stereocenters. The van der Waals surface area contributed by atoms with E-state index in [0.717, 1.165) is 62.3 Å². The molecule has 8 nitrogen and oxygen atoms in total. The van der Waals surface area contributed by atoms with Gasteiger partial charge >= 0.3 is 0 Å². The number of rotatable bonds is 10. The second kappa shape index (κ2) is 12.4. The quantitative estimate of drug-likeness (QED) is 0.399. The molecule has 1 saturated heterocycles. The van der Waals surface area contributed by atoms with Gasteiger partial charge in [0.15, 0.2) is 11.8 Å². The second-order valence-electron chi connectivity index (χ2n) is 7.90. The van der Waals surface area contributed by atoms with Gasteiger partial charge in [-0.05, 0) is 24.5 Å². The average Bonchev–Trinajstić information content (AvgIpc) is 3.36. The van der Waals surface area contributed by atoms with Gasteiger partial charge in [0.1, 0.15) is 6.33 Å². The van der Waals surface area contributed by atoms with Crippen LogP contribution in [0, 0.1) is 5.92 Å². The number of hydrogen-bond acceptors (Lipinski definition) is 5. The first kappa shape index (κ1) is 23.2. The number of morpholine rings is 1. The summed E-state index contributed by atoms with van der Waals surface area (Å²) in [5.41, 5.74) is 2.15. The van der Waals surface area contributed by atoms with Crippen LogP contribution >= 0.6 is 0 Å². The lowest BCUT2D eigenvalue weighted by Crippen LogP contribution is -2.53. The fourth-order valence-corrected chi connectivity index (χ4v) is 4.21. The Morgan fingerprint density at radius 1 is 1.19 bits per heavy atom. The van der Waals surface area contributed by atoms with Crippen LogP contribution in [0.5, 0.6) is 0 Å². The molecule has 0 saturated carbocycles. The molecule has 3 N–H and O–H groups in total. The molecule has 31 heavy (non-hydrogen) atoms. The fourth-order valence-electron chi connectivity index (χ4n) is 4.21. The van der Waals surface area contributed by atoms with Gasteiger partial charge in [0.25, 0.3) is 0 Å². The standard InChI is InChI=1S/C23H37N7O/c1-4-19(5-2)21(30-10-12-31-13-11-30)16-26-23(24-6-3)25-15-18-8-7-9-20(14-18)22-27-17-28-29-22/h7-9,14,17,19,21H,4-6,10-13,15-16H2,1-3H3,(H2,24,25,26)(H,27,28,29). The van der Waals surface area contributed by atoms with E-state index in [0.29, 0.717) is 18.5 Å². The Hall–Kier alpha value is -2.45. The number of guanidine groups is 1. The third-order valence-corrected chi connectivity index (χ3v) is 5.97. The van der Waals surface area contributed by atoms with Crippen LogP contribution in [0.4, 0.5) is 0 Å². The molecule has 1 aromatic heterocycles. The van der Waals surface area contributed by atoms with Gasteiger partial charge in [-0.25, -0.2) is 9.98 Å². The Morgan fingerprint density at radius 3 is 2.68 bits per heavy atom. The molecule has 2 heterocycles. The first-order valence-electron chi connectivity index (χ1n) is 11.5. The van der Waals surface area contributed by atoms with E-state index in [1.54, 1.807) is 0 Å². The van der Waals surface area contributed by atoms with Crippen LogP contribution < -0.4 is 10.6 Å². The first-order chi connectivity index (χ1) is 15.2. The monoisotopic (exact) mass is 427 g/mol. The summed E-state index contributed by atoms with van der Waals surface area (Å²) in [5.74, 6) is 2.29. The predicted molar refractivity (Wildman–Crippen MR) is 125 cm³/mol. The van der Waals surface area contributed by atoms with Gasteiger partial charge in [-0.15, -0.1) is 0 Å². The predicted octanol–water partition coefficient (Wildman–Crippen LogP) is 2.66. The number of hydrogen-bond donors (Lipinski definition) is 3. The molecule has 1 unspecified atom stereocenters. The van der Waals surface area contributed by atoms with Crippen molar-refractivity contribution in [1.82, 2.24) is 30.7 Å². The summed E-state index contributed by atoms with van der Waals surface area (Å²) < 4.78 is 5.58. The summed E-state index contributed by atoms with van der Waals surface area (Å²) in [4.78, 5) is 11.7. The lowest BCUT2D eigenvalue weighted by atomic mass is 9.92. The van der Waals surface area contributed by atoms with Crippen LogP contribution in [0.2, 0.25) is 0 Å². The molecular formula is C23H37N7O. The number of aromatic nitrogens is 3. The zero-order chi connectivity index (χ0) is 21.9. The zero-order valence-corrected chi connectivity index (χ0v) is 19.1. The molecule has 170 valence electrons. The van der Waals surface area contributed by atoms with E-state index in [2.05, 4.69) is 63.6 Å². The summed E-state index contributed by atoms with van der Waals surface area (Å²) in [5, 5.41) is 13.9. The Morgan fingerprint density at radius 2 is 2.00 bits per heavy atom. The lowest BCUT2D eigenvalue weighted by molar-refractivity contribution is 0.00272. The maximum absolute atomic E-state index is 5.58. The number of ether oxygens (including phenoxy) is 1. The Balaban J connectivity index is 1.66. The smallest absolute Gasteiger partial charge is 0.191 e. The highest BCUT2D eigenvalue weighted by Crippen LogP contribution is 2.20. The van der Waals surface area contributed by atoms with E-state index in [1.807, 2.05) is 12.1 Å². The number of H-pyrrole nitrogens is 1. The molecular weight excluding hydrogens is 390 g/mol. The highest BCUT2D eigenvalue weighted by atomic mass is 16.5. The highest BCUT2D eigenvalue weighted by molar-refractivity contribution is 5.79. The average molecular weight is 428 g/mol. The van der Waals surface area contributed by atoms with Crippen LogP contribution in [0.1, 0.15) is 39.2 Å². The van der Waals surface area contributed by atoms with Crippen molar-refractivity contribution in [2.24, 2.45) is 10.9 Å². The van der Waals surface area contributed by atoms with Crippen LogP contribution in [-0.2, 0) is 11.3 Å². The molecule has 1 aliphatic rings. The van der Waals surface area contributed by atoms with Crippen molar-refractivity contribution in [1.29, 1.82) is 0 Å². The third-order valence-electron chi connectivity index (χ3n) is 5.97. The maximum atomic E-state index is 5.58. The van der Waals surface area contributed by atoms with Gasteiger partial charge in [0.2, 0.25) is 0 Å². The minimum absolute atomic E-state index is 0.484. The number of nitrogens with zero attached hydrogens (tertiary/aromatic N) is 4. The van der Waals surface area contributed by atoms with Gasteiger partial charge in [0.05, 0.1) is 19.8 Å². The molecule has 8 heteroatoms. The minimum Gasteiger partial charge on any atom is -0.379 e. The van der Waals surface area contributed by atoms with E-state index in [1.165, 1.54) is 19.2 Å². The van der Waals surface area contributed by atoms with Gasteiger partial charge in [-0.1, -0.05) is 44.9 Å². The van der Waals surface area contributed by atoms with E-state index in [-0.39, 0.29) is 0 Å². The van der Waals surface area contributed by atoms with Crippen molar-refractivity contribution in [3.63, 3.8) is 0 Å². The van der Waals surface area contributed by atoms with Crippen LogP contribution in [0.25, 0.3) is 11.4 Å². The van der Waals surface area contributed by atoms with E-state index < -0.39 is 0 Å². The molecule has 1 aliphatic heterocycles. The summed E-state index contributed by atoms with van der Waals surface area (Å²) in [6, 6.07) is 8.74. The normalized spacial score (nSPS) is 16.5. The largest absolute Gasteiger partial charge is 0.379 e. The number of aromatic amines is 1. The van der Waals surface area contributed by atoms with Crippen LogP contribution in [-0.4, -0.2) is 71.5 Å². The van der Waals surface area contributed by atoms with E-state index in [9.17, 15) is 0 Å². The molecule has 3 rings (SSSR count). The van der Waals surface area contributed by atoms with Gasteiger partial charge < -0.3 is 15.4 Å². The summed E-state index contributed by atoms with van der Waals surface area (Å²) in [7, 11) is 0. The summed E-state index contributed by atoms with van der Waals surface area (Å²) >= 11 is 0. The van der Waals surface area contributed by atoms with E-state index >= 15 is 0 Å². The van der Waals surface area contributed by atoms with Crippen molar-refractivity contribution in [2.75, 3.05) is 39.4 Å². The highest BCUT2D eigenvalue weighted by Gasteiger charge is 2.27. The number of nitrogens with one attached hydrogen (secondary N) is 3. The van der Waals surface area contributed by atoms with Gasteiger partial charge in [-0.3, -0.25) is 10.00 Å². The number of aliphatic imine (C=N–C) groups is 1. The molecule has 0 spiro atoms. The van der Waals surface area contributed by atoms with E-state index in [4.69, 9.17) is 9.73 Å². The van der Waals surface area contributed by atoms with Crippen molar-refractivity contribution in [3.05, 3.63) is 36.2 Å². The minimum atomic E-state index is 0.484. The summed E-state index contributed by atoms with van der Waals surface area (Å²) in [6.07, 6.45) is 3.89. The molecule has 2 aromatic rings. The second-order valence-corrected chi connectivity index (χ2v) is 7.90. The molecule has 0 bridgehead atoms. The molecule has 0 aliphatic carbocycles. The Labute approximate surface area is 185 Å². The third kappa shape index (κ3) is 6.77. The van der Waals surface area contributed by atoms with Crippen LogP contribution in [0.15, 0.2) is 35.6 Å². The van der Waals surface area contributed by atoms with Crippen molar-refractivity contribution < 1.29 is 4.74 Å². The van der Waals surface area contributed by atoms with Crippen molar-refractivity contribution in [3.8, 4) is 11.4 Å². The fraction of sp³-hybridized carbons (Fsp3) is 0.609. The Bertz CT molecular complexity index is 783. The van der Waals surface area contributed by atoms with Crippen molar-refractivity contribution in [2.45, 2.75) is 46.2 Å².